The normalized spacial score (nSPS) is 11.3. The van der Waals surface area contributed by atoms with Crippen molar-refractivity contribution in [2.75, 3.05) is 0 Å². The highest BCUT2D eigenvalue weighted by Gasteiger charge is 2.09. The fourth-order valence-electron chi connectivity index (χ4n) is 1.75. The average molecular weight is 321 g/mol. The molecule has 0 aliphatic rings. The van der Waals surface area contributed by atoms with Crippen molar-refractivity contribution in [1.29, 1.82) is 0 Å². The summed E-state index contributed by atoms with van der Waals surface area (Å²) in [5.41, 5.74) is 5.47. The summed E-state index contributed by atoms with van der Waals surface area (Å²) in [6.45, 7) is 3.72. The number of carbonyl (C=O) groups is 1. The van der Waals surface area contributed by atoms with Gasteiger partial charge < -0.3 is 0 Å². The second-order valence-corrected chi connectivity index (χ2v) is 5.47. The van der Waals surface area contributed by atoms with Crippen LogP contribution < -0.4 is 5.43 Å². The van der Waals surface area contributed by atoms with Gasteiger partial charge in [-0.1, -0.05) is 41.4 Å². The van der Waals surface area contributed by atoms with Gasteiger partial charge in [0.05, 0.1) is 16.3 Å². The molecule has 0 fully saturated rings. The predicted molar refractivity (Wildman–Crippen MR) is 87.3 cm³/mol. The van der Waals surface area contributed by atoms with Crippen LogP contribution in [0.3, 0.4) is 0 Å². The van der Waals surface area contributed by atoms with Gasteiger partial charge in [0, 0.05) is 5.02 Å². The molecule has 0 saturated heterocycles. The van der Waals surface area contributed by atoms with Crippen LogP contribution in [0.5, 0.6) is 0 Å². The van der Waals surface area contributed by atoms with E-state index in [0.29, 0.717) is 21.3 Å². The molecule has 0 saturated carbocycles. The summed E-state index contributed by atoms with van der Waals surface area (Å²) in [4.78, 5) is 12.0. The summed E-state index contributed by atoms with van der Waals surface area (Å²) in [6.07, 6.45) is 0. The first kappa shape index (κ1) is 15.5. The number of hydrogen-bond donors (Lipinski definition) is 1. The highest BCUT2D eigenvalue weighted by atomic mass is 35.5. The molecule has 0 aliphatic carbocycles. The average Bonchev–Trinajstić information content (AvgIpc) is 2.45. The molecule has 2 rings (SSSR count). The lowest BCUT2D eigenvalue weighted by molar-refractivity contribution is 0.0955. The Kier molecular flexibility index (Phi) is 4.99. The first-order chi connectivity index (χ1) is 9.97. The molecule has 0 spiro atoms. The van der Waals surface area contributed by atoms with Gasteiger partial charge in [-0.3, -0.25) is 4.79 Å². The van der Waals surface area contributed by atoms with E-state index < -0.39 is 0 Å². The minimum Gasteiger partial charge on any atom is -0.267 e. The fraction of sp³-hybridized carbons (Fsp3) is 0.125. The molecule has 0 bridgehead atoms. The zero-order valence-electron chi connectivity index (χ0n) is 11.7. The van der Waals surface area contributed by atoms with E-state index in [1.165, 1.54) is 0 Å². The Morgan fingerprint density at radius 3 is 2.38 bits per heavy atom. The van der Waals surface area contributed by atoms with Crippen molar-refractivity contribution in [3.63, 3.8) is 0 Å². The van der Waals surface area contributed by atoms with Gasteiger partial charge in [0.25, 0.3) is 5.91 Å². The lowest BCUT2D eigenvalue weighted by Crippen LogP contribution is -2.19. The second-order valence-electron chi connectivity index (χ2n) is 4.63. The number of rotatable bonds is 3. The zero-order valence-corrected chi connectivity index (χ0v) is 13.2. The molecule has 0 unspecified atom stereocenters. The Hall–Kier alpha value is -1.84. The zero-order chi connectivity index (χ0) is 15.4. The Morgan fingerprint density at radius 2 is 1.76 bits per heavy atom. The summed E-state index contributed by atoms with van der Waals surface area (Å²) in [7, 11) is 0. The number of aryl methyl sites for hydroxylation is 1. The molecule has 0 heterocycles. The van der Waals surface area contributed by atoms with E-state index in [-0.39, 0.29) is 5.91 Å². The van der Waals surface area contributed by atoms with E-state index in [0.717, 1.165) is 11.1 Å². The van der Waals surface area contributed by atoms with Crippen LogP contribution in [-0.4, -0.2) is 11.6 Å². The van der Waals surface area contributed by atoms with Gasteiger partial charge >= 0.3 is 0 Å². The maximum atomic E-state index is 12.0. The molecule has 0 aliphatic heterocycles. The predicted octanol–water partition coefficient (Wildman–Crippen LogP) is 4.46. The van der Waals surface area contributed by atoms with E-state index in [2.05, 4.69) is 10.5 Å². The molecular formula is C16H14Cl2N2O. The number of hydrazone groups is 1. The Morgan fingerprint density at radius 1 is 1.10 bits per heavy atom. The van der Waals surface area contributed by atoms with Crippen LogP contribution in [-0.2, 0) is 0 Å². The maximum Gasteiger partial charge on any atom is 0.272 e. The van der Waals surface area contributed by atoms with Gasteiger partial charge in [0.15, 0.2) is 0 Å². The van der Waals surface area contributed by atoms with Crippen molar-refractivity contribution in [3.05, 3.63) is 69.2 Å². The molecule has 1 amide bonds. The molecule has 108 valence electrons. The van der Waals surface area contributed by atoms with Crippen LogP contribution in [0.4, 0.5) is 0 Å². The van der Waals surface area contributed by atoms with E-state index in [1.807, 2.05) is 25.1 Å². The number of nitrogens with one attached hydrogen (secondary N) is 1. The van der Waals surface area contributed by atoms with Gasteiger partial charge in [0.2, 0.25) is 0 Å². The summed E-state index contributed by atoms with van der Waals surface area (Å²) in [5, 5.41) is 5.14. The quantitative estimate of drug-likeness (QED) is 0.658. The lowest BCUT2D eigenvalue weighted by atomic mass is 10.1. The fourth-order valence-corrected chi connectivity index (χ4v) is 2.20. The van der Waals surface area contributed by atoms with Gasteiger partial charge in [-0.15, -0.1) is 0 Å². The van der Waals surface area contributed by atoms with Crippen LogP contribution >= 0.6 is 23.2 Å². The molecule has 2 aromatic rings. The summed E-state index contributed by atoms with van der Waals surface area (Å²) < 4.78 is 0. The first-order valence-corrected chi connectivity index (χ1v) is 7.09. The smallest absolute Gasteiger partial charge is 0.267 e. The summed E-state index contributed by atoms with van der Waals surface area (Å²) >= 11 is 11.9. The molecule has 21 heavy (non-hydrogen) atoms. The Bertz CT molecular complexity index is 694. The Balaban J connectivity index is 2.12. The third kappa shape index (κ3) is 4.06. The minimum atomic E-state index is -0.340. The minimum absolute atomic E-state index is 0.340. The van der Waals surface area contributed by atoms with E-state index >= 15 is 0 Å². The lowest BCUT2D eigenvalue weighted by Gasteiger charge is -2.05. The molecule has 2 aromatic carbocycles. The van der Waals surface area contributed by atoms with E-state index in [4.69, 9.17) is 23.2 Å². The SMILES string of the molecule is C/C(=N\NC(=O)c1ccc(C)cc1Cl)c1ccc(Cl)cc1. The molecule has 0 atom stereocenters. The molecule has 5 heteroatoms. The summed E-state index contributed by atoms with van der Waals surface area (Å²) in [6, 6.07) is 12.5. The maximum absolute atomic E-state index is 12.0. The molecule has 0 aromatic heterocycles. The topological polar surface area (TPSA) is 41.5 Å². The van der Waals surface area contributed by atoms with Crippen LogP contribution in [0.25, 0.3) is 0 Å². The van der Waals surface area contributed by atoms with Gasteiger partial charge in [0.1, 0.15) is 0 Å². The van der Waals surface area contributed by atoms with Crippen molar-refractivity contribution in [3.8, 4) is 0 Å². The van der Waals surface area contributed by atoms with Crippen LogP contribution in [0.2, 0.25) is 10.0 Å². The van der Waals surface area contributed by atoms with Crippen LogP contribution in [0, 0.1) is 6.92 Å². The number of hydrogen-bond acceptors (Lipinski definition) is 2. The Labute approximate surface area is 133 Å². The number of nitrogens with zero attached hydrogens (tertiary/aromatic N) is 1. The van der Waals surface area contributed by atoms with Crippen LogP contribution in [0.15, 0.2) is 47.6 Å². The highest BCUT2D eigenvalue weighted by Crippen LogP contribution is 2.17. The number of carbonyl (C=O) groups excluding carboxylic acids is 1. The monoisotopic (exact) mass is 320 g/mol. The molecular weight excluding hydrogens is 307 g/mol. The van der Waals surface area contributed by atoms with Crippen molar-refractivity contribution >= 4 is 34.8 Å². The van der Waals surface area contributed by atoms with Gasteiger partial charge in [-0.2, -0.15) is 5.10 Å². The van der Waals surface area contributed by atoms with Gasteiger partial charge in [-0.25, -0.2) is 5.43 Å². The third-order valence-electron chi connectivity index (χ3n) is 2.96. The first-order valence-electron chi connectivity index (χ1n) is 6.34. The molecule has 3 nitrogen and oxygen atoms in total. The van der Waals surface area contributed by atoms with Gasteiger partial charge in [-0.05, 0) is 49.2 Å². The standard InChI is InChI=1S/C16H14Cl2N2O/c1-10-3-8-14(15(18)9-10)16(21)20-19-11(2)12-4-6-13(17)7-5-12/h3-9H,1-2H3,(H,20,21)/b19-11+. The summed E-state index contributed by atoms with van der Waals surface area (Å²) in [5.74, 6) is -0.340. The van der Waals surface area contributed by atoms with Crippen molar-refractivity contribution in [1.82, 2.24) is 5.43 Å². The van der Waals surface area contributed by atoms with Crippen molar-refractivity contribution in [2.45, 2.75) is 13.8 Å². The number of benzene rings is 2. The number of amides is 1. The molecule has 0 radical (unpaired) electrons. The van der Waals surface area contributed by atoms with E-state index in [9.17, 15) is 4.79 Å². The van der Waals surface area contributed by atoms with Crippen LogP contribution in [0.1, 0.15) is 28.4 Å². The molecule has 1 N–H and O–H groups in total. The third-order valence-corrected chi connectivity index (χ3v) is 3.52. The highest BCUT2D eigenvalue weighted by molar-refractivity contribution is 6.34. The number of halogens is 2. The van der Waals surface area contributed by atoms with E-state index in [1.54, 1.807) is 31.2 Å². The second kappa shape index (κ2) is 6.74. The largest absolute Gasteiger partial charge is 0.272 e. The van der Waals surface area contributed by atoms with Crippen molar-refractivity contribution in [2.24, 2.45) is 5.10 Å². The van der Waals surface area contributed by atoms with Crippen molar-refractivity contribution < 1.29 is 4.79 Å².